The normalized spacial score (nSPS) is 13.9. The van der Waals surface area contributed by atoms with Gasteiger partial charge >= 0.3 is 0 Å². The van der Waals surface area contributed by atoms with Crippen molar-refractivity contribution >= 4 is 29.1 Å². The van der Waals surface area contributed by atoms with Crippen molar-refractivity contribution in [1.29, 1.82) is 0 Å². The average Bonchev–Trinajstić information content (AvgIpc) is 3.23. The van der Waals surface area contributed by atoms with Crippen LogP contribution in [0.4, 0.5) is 5.82 Å². The fraction of sp³-hybridized carbons (Fsp3) is 0.308. The first-order valence-electron chi connectivity index (χ1n) is 11.6. The SMILES string of the molecule is COc1ccccc1-c1c(C)nn2c(SCC(=O)N3CCN(c4ccccn4)CC3)cc(C)nc12. The van der Waals surface area contributed by atoms with Crippen molar-refractivity contribution in [3.05, 3.63) is 66.1 Å². The van der Waals surface area contributed by atoms with Crippen molar-refractivity contribution in [2.24, 2.45) is 0 Å². The second kappa shape index (κ2) is 9.95. The Hall–Kier alpha value is -3.59. The number of nitrogens with zero attached hydrogens (tertiary/aromatic N) is 6. The fourth-order valence-electron chi connectivity index (χ4n) is 4.43. The monoisotopic (exact) mass is 488 g/mol. The summed E-state index contributed by atoms with van der Waals surface area (Å²) in [4.78, 5) is 26.4. The van der Waals surface area contributed by atoms with Crippen molar-refractivity contribution in [1.82, 2.24) is 24.5 Å². The Balaban J connectivity index is 1.32. The van der Waals surface area contributed by atoms with Crippen molar-refractivity contribution in [2.45, 2.75) is 18.9 Å². The van der Waals surface area contributed by atoms with Crippen LogP contribution in [0.2, 0.25) is 0 Å². The van der Waals surface area contributed by atoms with Gasteiger partial charge in [-0.25, -0.2) is 14.5 Å². The third-order valence-electron chi connectivity index (χ3n) is 6.18. The first kappa shape index (κ1) is 23.2. The summed E-state index contributed by atoms with van der Waals surface area (Å²) in [6, 6.07) is 15.8. The van der Waals surface area contributed by atoms with E-state index in [4.69, 9.17) is 14.8 Å². The van der Waals surface area contributed by atoms with Gasteiger partial charge in [0.1, 0.15) is 16.6 Å². The lowest BCUT2D eigenvalue weighted by atomic mass is 10.1. The summed E-state index contributed by atoms with van der Waals surface area (Å²) in [6.07, 6.45) is 1.80. The number of thioether (sulfide) groups is 1. The number of carbonyl (C=O) groups is 1. The maximum absolute atomic E-state index is 13.0. The lowest BCUT2D eigenvalue weighted by Crippen LogP contribution is -2.49. The van der Waals surface area contributed by atoms with Crippen molar-refractivity contribution in [3.63, 3.8) is 0 Å². The first-order valence-corrected chi connectivity index (χ1v) is 12.6. The Morgan fingerprint density at radius 3 is 2.57 bits per heavy atom. The van der Waals surface area contributed by atoms with Gasteiger partial charge in [0.05, 0.1) is 24.1 Å². The second-order valence-electron chi connectivity index (χ2n) is 8.48. The highest BCUT2D eigenvalue weighted by molar-refractivity contribution is 7.99. The van der Waals surface area contributed by atoms with E-state index in [1.165, 1.54) is 11.8 Å². The van der Waals surface area contributed by atoms with E-state index in [0.717, 1.165) is 57.8 Å². The van der Waals surface area contributed by atoms with Gasteiger partial charge < -0.3 is 14.5 Å². The lowest BCUT2D eigenvalue weighted by molar-refractivity contribution is -0.128. The highest BCUT2D eigenvalue weighted by Crippen LogP contribution is 2.36. The summed E-state index contributed by atoms with van der Waals surface area (Å²) < 4.78 is 7.44. The maximum Gasteiger partial charge on any atom is 0.233 e. The molecule has 1 amide bonds. The number of hydrogen-bond acceptors (Lipinski definition) is 7. The van der Waals surface area contributed by atoms with Crippen LogP contribution < -0.4 is 9.64 Å². The molecule has 0 spiro atoms. The molecule has 0 unspecified atom stereocenters. The van der Waals surface area contributed by atoms with Crippen LogP contribution in [0.3, 0.4) is 0 Å². The van der Waals surface area contributed by atoms with E-state index >= 15 is 0 Å². The zero-order chi connectivity index (χ0) is 24.4. The largest absolute Gasteiger partial charge is 0.496 e. The molecular formula is C26H28N6O2S. The Kier molecular flexibility index (Phi) is 6.59. The predicted octanol–water partition coefficient (Wildman–Crippen LogP) is 3.86. The number of pyridine rings is 1. The third-order valence-corrected chi connectivity index (χ3v) is 7.16. The van der Waals surface area contributed by atoms with Gasteiger partial charge in [-0.1, -0.05) is 36.0 Å². The van der Waals surface area contributed by atoms with Crippen LogP contribution in [0, 0.1) is 13.8 Å². The summed E-state index contributed by atoms with van der Waals surface area (Å²) in [6.45, 7) is 6.90. The van der Waals surface area contributed by atoms with Crippen LogP contribution >= 0.6 is 11.8 Å². The Bertz CT molecular complexity index is 1350. The van der Waals surface area contributed by atoms with Crippen LogP contribution in [0.15, 0.2) is 59.8 Å². The second-order valence-corrected chi connectivity index (χ2v) is 9.47. The molecule has 4 heterocycles. The molecule has 35 heavy (non-hydrogen) atoms. The number of fused-ring (bicyclic) bond motifs is 1. The third kappa shape index (κ3) is 4.68. The molecule has 0 saturated carbocycles. The number of rotatable bonds is 6. The van der Waals surface area contributed by atoms with Crippen molar-refractivity contribution < 1.29 is 9.53 Å². The first-order chi connectivity index (χ1) is 17.0. The Morgan fingerprint density at radius 2 is 1.83 bits per heavy atom. The zero-order valence-corrected chi connectivity index (χ0v) is 21.0. The van der Waals surface area contributed by atoms with Crippen molar-refractivity contribution in [2.75, 3.05) is 43.9 Å². The molecule has 0 atom stereocenters. The summed E-state index contributed by atoms with van der Waals surface area (Å²) >= 11 is 1.50. The molecule has 0 N–H and O–H groups in total. The van der Waals surface area contributed by atoms with Gasteiger partial charge in [0, 0.05) is 43.6 Å². The van der Waals surface area contributed by atoms with E-state index in [9.17, 15) is 4.79 Å². The number of para-hydroxylation sites is 1. The zero-order valence-electron chi connectivity index (χ0n) is 20.1. The summed E-state index contributed by atoms with van der Waals surface area (Å²) in [5.41, 5.74) is 4.42. The van der Waals surface area contributed by atoms with E-state index in [-0.39, 0.29) is 5.91 Å². The standard InChI is InChI=1S/C26H28N6O2S/c1-18-16-24(32-26(28-18)25(19(2)29-32)20-8-4-5-9-21(20)34-3)35-17-23(33)31-14-12-30(13-15-31)22-10-6-7-11-27-22/h4-11,16H,12-15,17H2,1-3H3. The van der Waals surface area contributed by atoms with Gasteiger partial charge in [-0.2, -0.15) is 5.10 Å². The van der Waals surface area contributed by atoms with Crippen LogP contribution in [0.5, 0.6) is 5.75 Å². The smallest absolute Gasteiger partial charge is 0.233 e. The lowest BCUT2D eigenvalue weighted by Gasteiger charge is -2.35. The molecule has 1 aromatic carbocycles. The Labute approximate surface area is 208 Å². The van der Waals surface area contributed by atoms with E-state index in [1.54, 1.807) is 13.3 Å². The van der Waals surface area contributed by atoms with E-state index in [0.29, 0.717) is 18.8 Å². The molecule has 180 valence electrons. The summed E-state index contributed by atoms with van der Waals surface area (Å²) in [7, 11) is 1.67. The molecule has 0 radical (unpaired) electrons. The number of aromatic nitrogens is 4. The summed E-state index contributed by atoms with van der Waals surface area (Å²) in [5, 5.41) is 5.68. The van der Waals surface area contributed by atoms with Crippen LogP contribution in [-0.4, -0.2) is 69.4 Å². The molecule has 1 aliphatic heterocycles. The molecule has 1 saturated heterocycles. The molecule has 4 aromatic rings. The summed E-state index contributed by atoms with van der Waals surface area (Å²) in [5.74, 6) is 2.23. The van der Waals surface area contributed by atoms with Crippen molar-refractivity contribution in [3.8, 4) is 16.9 Å². The highest BCUT2D eigenvalue weighted by Gasteiger charge is 2.23. The minimum absolute atomic E-state index is 0.132. The molecule has 0 aliphatic carbocycles. The topological polar surface area (TPSA) is 75.9 Å². The van der Waals surface area contributed by atoms with Gasteiger partial charge in [-0.3, -0.25) is 4.79 Å². The Morgan fingerprint density at radius 1 is 1.06 bits per heavy atom. The van der Waals surface area contributed by atoms with E-state index < -0.39 is 0 Å². The number of hydrogen-bond donors (Lipinski definition) is 0. The fourth-order valence-corrected chi connectivity index (χ4v) is 5.39. The molecular weight excluding hydrogens is 460 g/mol. The van der Waals surface area contributed by atoms with Gasteiger partial charge in [-0.15, -0.1) is 0 Å². The quantitative estimate of drug-likeness (QED) is 0.301. The van der Waals surface area contributed by atoms with Gasteiger partial charge in [0.25, 0.3) is 0 Å². The number of aryl methyl sites for hydroxylation is 2. The number of ether oxygens (including phenoxy) is 1. The number of anilines is 1. The number of benzene rings is 1. The minimum atomic E-state index is 0.132. The maximum atomic E-state index is 13.0. The van der Waals surface area contributed by atoms with E-state index in [1.807, 2.05) is 71.8 Å². The molecule has 9 heteroatoms. The van der Waals surface area contributed by atoms with Gasteiger partial charge in [0.2, 0.25) is 5.91 Å². The van der Waals surface area contributed by atoms with Gasteiger partial charge in [0.15, 0.2) is 5.65 Å². The molecule has 1 aliphatic rings. The molecule has 1 fully saturated rings. The highest BCUT2D eigenvalue weighted by atomic mass is 32.2. The molecule has 8 nitrogen and oxygen atoms in total. The van der Waals surface area contributed by atoms with Crippen LogP contribution in [-0.2, 0) is 4.79 Å². The molecule has 0 bridgehead atoms. The average molecular weight is 489 g/mol. The number of amides is 1. The van der Waals surface area contributed by atoms with Crippen LogP contribution in [0.25, 0.3) is 16.8 Å². The van der Waals surface area contributed by atoms with Gasteiger partial charge in [-0.05, 0) is 38.1 Å². The number of methoxy groups -OCH3 is 1. The predicted molar refractivity (Wildman–Crippen MR) is 138 cm³/mol. The molecule has 3 aromatic heterocycles. The number of piperazine rings is 1. The molecule has 5 rings (SSSR count). The van der Waals surface area contributed by atoms with Crippen LogP contribution in [0.1, 0.15) is 11.4 Å². The number of carbonyl (C=O) groups excluding carboxylic acids is 1. The van der Waals surface area contributed by atoms with E-state index in [2.05, 4.69) is 9.88 Å². The minimum Gasteiger partial charge on any atom is -0.496 e.